The summed E-state index contributed by atoms with van der Waals surface area (Å²) in [4.78, 5) is 48.4. The van der Waals surface area contributed by atoms with Gasteiger partial charge in [-0.25, -0.2) is 14.0 Å². The number of amides is 2. The molecule has 0 atom stereocenters. The summed E-state index contributed by atoms with van der Waals surface area (Å²) in [5, 5.41) is 2.23. The minimum atomic E-state index is -0.945. The fraction of sp³-hybridized carbons (Fsp3) is 0.263. The Balaban J connectivity index is 2.12. The van der Waals surface area contributed by atoms with Crippen LogP contribution in [0.5, 0.6) is 0 Å². The highest BCUT2D eigenvalue weighted by Gasteiger charge is 2.26. The van der Waals surface area contributed by atoms with Gasteiger partial charge in [0.05, 0.1) is 27.6 Å². The molecule has 0 unspecified atom stereocenters. The molecule has 0 aliphatic rings. The fourth-order valence-corrected chi connectivity index (χ4v) is 3.71. The number of ether oxygens (including phenoxy) is 3. The first-order valence-corrected chi connectivity index (χ1v) is 9.86. The summed E-state index contributed by atoms with van der Waals surface area (Å²) in [7, 11) is 1.43. The number of carbonyl (C=O) groups is 4. The van der Waals surface area contributed by atoms with Gasteiger partial charge in [0.2, 0.25) is 0 Å². The average Bonchev–Trinajstić information content (AvgIpc) is 3.02. The molecular weight excluding hydrogens is 455 g/mol. The molecule has 0 radical (unpaired) electrons. The molecule has 9 nitrogen and oxygen atoms in total. The lowest BCUT2D eigenvalue weighted by Gasteiger charge is -2.09. The van der Waals surface area contributed by atoms with Crippen LogP contribution < -0.4 is 11.1 Å². The van der Waals surface area contributed by atoms with Gasteiger partial charge in [-0.05, 0) is 30.7 Å². The number of anilines is 1. The van der Waals surface area contributed by atoms with Crippen LogP contribution in [0.4, 0.5) is 9.39 Å². The lowest BCUT2D eigenvalue weighted by atomic mass is 10.1. The number of hydrogen-bond donors (Lipinski definition) is 2. The number of benzene rings is 1. The van der Waals surface area contributed by atoms with E-state index in [1.165, 1.54) is 14.0 Å². The van der Waals surface area contributed by atoms with Crippen molar-refractivity contribution in [3.8, 4) is 0 Å². The maximum Gasteiger partial charge on any atom is 0.341 e. The predicted octanol–water partition coefficient (Wildman–Crippen LogP) is 2.55. The summed E-state index contributed by atoms with van der Waals surface area (Å²) < 4.78 is 27.8. The van der Waals surface area contributed by atoms with Gasteiger partial charge >= 0.3 is 11.9 Å². The third kappa shape index (κ3) is 6.23. The molecule has 166 valence electrons. The number of nitrogens with two attached hydrogens (primary N) is 1. The summed E-state index contributed by atoms with van der Waals surface area (Å²) >= 11 is 6.57. The highest BCUT2D eigenvalue weighted by atomic mass is 35.5. The Labute approximate surface area is 185 Å². The molecule has 12 heteroatoms. The molecule has 2 rings (SSSR count). The first-order chi connectivity index (χ1) is 14.6. The highest BCUT2D eigenvalue weighted by molar-refractivity contribution is 7.18. The Morgan fingerprint density at radius 1 is 1.16 bits per heavy atom. The number of esters is 2. The minimum absolute atomic E-state index is 0.00887. The van der Waals surface area contributed by atoms with Crippen molar-refractivity contribution in [2.45, 2.75) is 6.92 Å². The van der Waals surface area contributed by atoms with E-state index < -0.39 is 36.2 Å². The molecule has 1 heterocycles. The van der Waals surface area contributed by atoms with Gasteiger partial charge < -0.3 is 25.3 Å². The molecule has 1 aromatic carbocycles. The highest BCUT2D eigenvalue weighted by Crippen LogP contribution is 2.33. The van der Waals surface area contributed by atoms with Gasteiger partial charge in [0.25, 0.3) is 11.8 Å². The maximum absolute atomic E-state index is 13.1. The zero-order valence-electron chi connectivity index (χ0n) is 16.5. The first-order valence-electron chi connectivity index (χ1n) is 8.67. The number of nitrogens with one attached hydrogen (secondary N) is 1. The summed E-state index contributed by atoms with van der Waals surface area (Å²) in [5.74, 6) is -3.95. The SMILES string of the molecule is COCCOC(=O)c1c(NC(=O)COC(=O)c2ccc(F)cc2Cl)sc(C(N)=O)c1C. The third-order valence-corrected chi connectivity index (χ3v) is 5.37. The number of hydrogen-bond acceptors (Lipinski definition) is 8. The number of halogens is 2. The van der Waals surface area contributed by atoms with Crippen LogP contribution in [0.3, 0.4) is 0 Å². The topological polar surface area (TPSA) is 134 Å². The van der Waals surface area contributed by atoms with E-state index in [2.05, 4.69) is 5.32 Å². The Morgan fingerprint density at radius 3 is 2.48 bits per heavy atom. The summed E-state index contributed by atoms with van der Waals surface area (Å²) in [6, 6.07) is 3.07. The van der Waals surface area contributed by atoms with Crippen molar-refractivity contribution in [2.75, 3.05) is 32.2 Å². The molecule has 0 fully saturated rings. The van der Waals surface area contributed by atoms with Crippen LogP contribution in [-0.4, -0.2) is 50.7 Å². The number of rotatable bonds is 9. The Bertz CT molecular complexity index is 1020. The van der Waals surface area contributed by atoms with Crippen molar-refractivity contribution in [3.63, 3.8) is 0 Å². The van der Waals surface area contributed by atoms with Crippen LogP contribution in [0.1, 0.15) is 36.0 Å². The Kier molecular flexibility index (Phi) is 8.48. The van der Waals surface area contributed by atoms with Crippen LogP contribution in [0.15, 0.2) is 18.2 Å². The molecule has 0 spiro atoms. The number of carbonyl (C=O) groups excluding carboxylic acids is 4. The van der Waals surface area contributed by atoms with Crippen LogP contribution in [0, 0.1) is 12.7 Å². The second-order valence-corrected chi connectivity index (χ2v) is 7.43. The van der Waals surface area contributed by atoms with Gasteiger partial charge in [0, 0.05) is 7.11 Å². The lowest BCUT2D eigenvalue weighted by molar-refractivity contribution is -0.119. The molecular formula is C19H18ClFN2O7S. The van der Waals surface area contributed by atoms with Gasteiger partial charge in [-0.3, -0.25) is 9.59 Å². The molecule has 0 aliphatic heterocycles. The zero-order chi connectivity index (χ0) is 23.1. The molecule has 0 saturated carbocycles. The van der Waals surface area contributed by atoms with Gasteiger partial charge in [-0.15, -0.1) is 11.3 Å². The van der Waals surface area contributed by atoms with Crippen LogP contribution in [0.2, 0.25) is 5.02 Å². The third-order valence-electron chi connectivity index (χ3n) is 3.83. The monoisotopic (exact) mass is 472 g/mol. The van der Waals surface area contributed by atoms with E-state index in [1.807, 2.05) is 0 Å². The van der Waals surface area contributed by atoms with Gasteiger partial charge in [0.15, 0.2) is 6.61 Å². The molecule has 2 amide bonds. The zero-order valence-corrected chi connectivity index (χ0v) is 18.0. The second kappa shape index (κ2) is 10.8. The molecule has 1 aromatic heterocycles. The number of methoxy groups -OCH3 is 1. The minimum Gasteiger partial charge on any atom is -0.460 e. The van der Waals surface area contributed by atoms with Gasteiger partial charge in [-0.2, -0.15) is 0 Å². The van der Waals surface area contributed by atoms with Crippen molar-refractivity contribution in [1.29, 1.82) is 0 Å². The predicted molar refractivity (Wildman–Crippen MR) is 110 cm³/mol. The van der Waals surface area contributed by atoms with E-state index in [1.54, 1.807) is 0 Å². The van der Waals surface area contributed by atoms with Crippen LogP contribution in [-0.2, 0) is 19.0 Å². The van der Waals surface area contributed by atoms with Gasteiger partial charge in [-0.1, -0.05) is 11.6 Å². The molecule has 0 aliphatic carbocycles. The summed E-state index contributed by atoms with van der Waals surface area (Å²) in [6.45, 7) is 0.865. The summed E-state index contributed by atoms with van der Waals surface area (Å²) in [5.41, 5.74) is 5.39. The quantitative estimate of drug-likeness (QED) is 0.423. The lowest BCUT2D eigenvalue weighted by Crippen LogP contribution is -2.22. The van der Waals surface area contributed by atoms with Crippen molar-refractivity contribution in [1.82, 2.24) is 0 Å². The second-order valence-electron chi connectivity index (χ2n) is 6.00. The van der Waals surface area contributed by atoms with Crippen molar-refractivity contribution in [2.24, 2.45) is 5.73 Å². The van der Waals surface area contributed by atoms with Crippen molar-refractivity contribution in [3.05, 3.63) is 50.6 Å². The van der Waals surface area contributed by atoms with Crippen molar-refractivity contribution >= 4 is 51.7 Å². The number of thiophene rings is 1. The Hall–Kier alpha value is -3.02. The van der Waals surface area contributed by atoms with Crippen molar-refractivity contribution < 1.29 is 37.8 Å². The molecule has 0 bridgehead atoms. The molecule has 0 saturated heterocycles. The smallest absolute Gasteiger partial charge is 0.341 e. The summed E-state index contributed by atoms with van der Waals surface area (Å²) in [6.07, 6.45) is 0. The standard InChI is InChI=1S/C19H18ClFN2O7S/c1-9-14(19(27)29-6-5-28-2)17(31-15(9)16(22)25)23-13(24)8-30-18(26)11-4-3-10(21)7-12(11)20/h3-4,7H,5-6,8H2,1-2H3,(H2,22,25)(H,23,24). The maximum atomic E-state index is 13.1. The van der Waals surface area contributed by atoms with E-state index in [4.69, 9.17) is 31.5 Å². The Morgan fingerprint density at radius 2 is 1.87 bits per heavy atom. The van der Waals surface area contributed by atoms with Gasteiger partial charge in [0.1, 0.15) is 17.4 Å². The van der Waals surface area contributed by atoms with E-state index in [0.717, 1.165) is 29.5 Å². The van der Waals surface area contributed by atoms with E-state index >= 15 is 0 Å². The molecule has 2 aromatic rings. The number of primary amides is 1. The molecule has 31 heavy (non-hydrogen) atoms. The van der Waals surface area contributed by atoms with E-state index in [0.29, 0.717) is 0 Å². The van der Waals surface area contributed by atoms with Crippen LogP contribution >= 0.6 is 22.9 Å². The molecule has 3 N–H and O–H groups in total. The van der Waals surface area contributed by atoms with E-state index in [-0.39, 0.29) is 44.8 Å². The average molecular weight is 473 g/mol. The largest absolute Gasteiger partial charge is 0.460 e. The first kappa shape index (κ1) is 24.3. The van der Waals surface area contributed by atoms with E-state index in [9.17, 15) is 23.6 Å². The fourth-order valence-electron chi connectivity index (χ4n) is 2.40. The normalized spacial score (nSPS) is 10.5. The van der Waals surface area contributed by atoms with Crippen LogP contribution in [0.25, 0.3) is 0 Å².